The Bertz CT molecular complexity index is 1260. The van der Waals surface area contributed by atoms with Crippen molar-refractivity contribution in [3.63, 3.8) is 0 Å². The van der Waals surface area contributed by atoms with E-state index in [0.29, 0.717) is 41.1 Å². The van der Waals surface area contributed by atoms with E-state index >= 15 is 0 Å². The second-order valence-electron chi connectivity index (χ2n) is 9.59. The largest absolute Gasteiger partial charge is 0.394 e. The zero-order valence-electron chi connectivity index (χ0n) is 20.5. The van der Waals surface area contributed by atoms with Crippen molar-refractivity contribution in [2.75, 3.05) is 37.7 Å². The van der Waals surface area contributed by atoms with Crippen molar-refractivity contribution in [3.8, 4) is 0 Å². The van der Waals surface area contributed by atoms with Crippen LogP contribution in [0.4, 0.5) is 5.82 Å². The van der Waals surface area contributed by atoms with Gasteiger partial charge in [0.15, 0.2) is 5.65 Å². The van der Waals surface area contributed by atoms with E-state index in [1.54, 1.807) is 12.3 Å². The molecule has 2 N–H and O–H groups in total. The lowest BCUT2D eigenvalue weighted by atomic mass is 10.0. The van der Waals surface area contributed by atoms with Crippen molar-refractivity contribution < 1.29 is 9.90 Å². The fourth-order valence-electron chi connectivity index (χ4n) is 5.21. The molecular formula is C25H31Cl2N7O2. The summed E-state index contributed by atoms with van der Waals surface area (Å²) in [7, 11) is 0. The summed E-state index contributed by atoms with van der Waals surface area (Å²) in [5, 5.41) is 19.3. The van der Waals surface area contributed by atoms with Gasteiger partial charge in [0.2, 0.25) is 5.91 Å². The summed E-state index contributed by atoms with van der Waals surface area (Å²) in [6.45, 7) is 6.31. The number of nitrogens with zero attached hydrogens (tertiary/aromatic N) is 6. The van der Waals surface area contributed by atoms with Crippen LogP contribution in [0.3, 0.4) is 0 Å². The summed E-state index contributed by atoms with van der Waals surface area (Å²) < 4.78 is 1.84. The van der Waals surface area contributed by atoms with E-state index in [4.69, 9.17) is 33.3 Å². The predicted octanol–water partition coefficient (Wildman–Crippen LogP) is 3.20. The minimum atomic E-state index is -0.300. The normalized spacial score (nSPS) is 21.7. The molecule has 3 aromatic rings. The summed E-state index contributed by atoms with van der Waals surface area (Å²) in [5.41, 5.74) is 3.06. The van der Waals surface area contributed by atoms with Crippen molar-refractivity contribution in [1.29, 1.82) is 0 Å². The molecule has 2 fully saturated rings. The number of anilines is 1. The van der Waals surface area contributed by atoms with Crippen LogP contribution in [0.25, 0.3) is 11.2 Å². The lowest BCUT2D eigenvalue weighted by Gasteiger charge is -2.42. The first-order valence-corrected chi connectivity index (χ1v) is 13.2. The minimum Gasteiger partial charge on any atom is -0.394 e. The molecule has 0 bridgehead atoms. The molecule has 5 rings (SSSR count). The number of amides is 1. The summed E-state index contributed by atoms with van der Waals surface area (Å²) in [5.74, 6) is 0.775. The second kappa shape index (κ2) is 10.5. The van der Waals surface area contributed by atoms with Crippen molar-refractivity contribution in [2.24, 2.45) is 0 Å². The average Bonchev–Trinajstić information content (AvgIpc) is 3.23. The number of piperazine rings is 1. The van der Waals surface area contributed by atoms with E-state index in [1.807, 2.05) is 35.6 Å². The number of fused-ring (bicyclic) bond motifs is 1. The number of hydrogen-bond donors (Lipinski definition) is 2. The molecule has 2 aliphatic heterocycles. The summed E-state index contributed by atoms with van der Waals surface area (Å²) in [6.07, 6.45) is 4.74. The van der Waals surface area contributed by atoms with Crippen molar-refractivity contribution in [3.05, 3.63) is 45.7 Å². The molecular weight excluding hydrogens is 501 g/mol. The summed E-state index contributed by atoms with van der Waals surface area (Å²) in [4.78, 5) is 26.6. The Morgan fingerprint density at radius 1 is 1.28 bits per heavy atom. The molecule has 4 heterocycles. The molecule has 192 valence electrons. The van der Waals surface area contributed by atoms with Crippen LogP contribution in [0.1, 0.15) is 43.5 Å². The number of carbonyl (C=O) groups is 1. The number of aliphatic hydroxyl groups excluding tert-OH is 1. The quantitative estimate of drug-likeness (QED) is 0.521. The van der Waals surface area contributed by atoms with Gasteiger partial charge in [0.25, 0.3) is 0 Å². The van der Waals surface area contributed by atoms with Crippen LogP contribution in [0.15, 0.2) is 24.4 Å². The maximum absolute atomic E-state index is 13.1. The van der Waals surface area contributed by atoms with Gasteiger partial charge < -0.3 is 20.2 Å². The van der Waals surface area contributed by atoms with Gasteiger partial charge in [-0.25, -0.2) is 14.6 Å². The molecule has 1 aromatic carbocycles. The number of rotatable bonds is 5. The van der Waals surface area contributed by atoms with Crippen LogP contribution in [-0.4, -0.2) is 80.5 Å². The number of aryl methyl sites for hydroxylation is 1. The van der Waals surface area contributed by atoms with E-state index in [-0.39, 0.29) is 30.6 Å². The summed E-state index contributed by atoms with van der Waals surface area (Å²) >= 11 is 12.6. The van der Waals surface area contributed by atoms with Gasteiger partial charge in [0.05, 0.1) is 36.6 Å². The number of halogens is 2. The average molecular weight is 532 g/mol. The first-order chi connectivity index (χ1) is 17.4. The summed E-state index contributed by atoms with van der Waals surface area (Å²) in [6, 6.07) is 4.80. The maximum Gasteiger partial charge on any atom is 0.240 e. The Kier molecular flexibility index (Phi) is 7.35. The lowest BCUT2D eigenvalue weighted by Crippen LogP contribution is -2.61. The molecule has 2 aromatic heterocycles. The Labute approximate surface area is 220 Å². The van der Waals surface area contributed by atoms with Gasteiger partial charge >= 0.3 is 0 Å². The van der Waals surface area contributed by atoms with Crippen LogP contribution in [0.2, 0.25) is 10.0 Å². The van der Waals surface area contributed by atoms with E-state index in [2.05, 4.69) is 15.2 Å². The minimum absolute atomic E-state index is 0.0808. The van der Waals surface area contributed by atoms with Gasteiger partial charge in [-0.15, -0.1) is 0 Å². The highest BCUT2D eigenvalue weighted by molar-refractivity contribution is 6.35. The molecule has 2 aliphatic rings. The Hall–Kier alpha value is -2.46. The molecule has 9 nitrogen and oxygen atoms in total. The number of hydrogen-bond acceptors (Lipinski definition) is 7. The van der Waals surface area contributed by atoms with Crippen LogP contribution in [0, 0.1) is 6.92 Å². The topological polar surface area (TPSA) is 99.4 Å². The fraction of sp³-hybridized carbons (Fsp3) is 0.520. The highest BCUT2D eigenvalue weighted by atomic mass is 35.5. The standard InChI is InChI=1S/C25H31Cl2N7O2/c1-15-23-24(34(31-15)16(2)19-7-6-17(26)11-20(19)27)30-22(12-29-23)32-9-10-33(18(13-32)14-35)25(36)21-5-3-4-8-28-21/h6-7,11-12,16,18,21,28,35H,3-5,8-10,13-14H2,1-2H3. The predicted molar refractivity (Wildman–Crippen MR) is 141 cm³/mol. The van der Waals surface area contributed by atoms with Gasteiger partial charge in [0.1, 0.15) is 11.3 Å². The van der Waals surface area contributed by atoms with E-state index < -0.39 is 0 Å². The van der Waals surface area contributed by atoms with Crippen LogP contribution in [0.5, 0.6) is 0 Å². The maximum atomic E-state index is 13.1. The lowest BCUT2D eigenvalue weighted by molar-refractivity contribution is -0.137. The molecule has 0 spiro atoms. The molecule has 36 heavy (non-hydrogen) atoms. The molecule has 2 saturated heterocycles. The number of aliphatic hydroxyl groups is 1. The van der Waals surface area contributed by atoms with Gasteiger partial charge in [-0.3, -0.25) is 4.79 Å². The number of aromatic nitrogens is 4. The molecule has 3 unspecified atom stereocenters. The van der Waals surface area contributed by atoms with Crippen molar-refractivity contribution in [1.82, 2.24) is 30.0 Å². The molecule has 0 radical (unpaired) electrons. The highest BCUT2D eigenvalue weighted by Gasteiger charge is 2.35. The van der Waals surface area contributed by atoms with Gasteiger partial charge in [0, 0.05) is 29.7 Å². The Morgan fingerprint density at radius 2 is 2.11 bits per heavy atom. The van der Waals surface area contributed by atoms with Gasteiger partial charge in [-0.2, -0.15) is 5.10 Å². The third-order valence-electron chi connectivity index (χ3n) is 7.25. The van der Waals surface area contributed by atoms with E-state index in [9.17, 15) is 9.90 Å². The third-order valence-corrected chi connectivity index (χ3v) is 7.81. The van der Waals surface area contributed by atoms with Crippen molar-refractivity contribution in [2.45, 2.75) is 51.2 Å². The van der Waals surface area contributed by atoms with Crippen LogP contribution >= 0.6 is 23.2 Å². The first kappa shape index (κ1) is 25.2. The number of piperidine rings is 1. The second-order valence-corrected chi connectivity index (χ2v) is 10.4. The third kappa shape index (κ3) is 4.77. The highest BCUT2D eigenvalue weighted by Crippen LogP contribution is 2.31. The molecule has 0 saturated carbocycles. The molecule has 11 heteroatoms. The monoisotopic (exact) mass is 531 g/mol. The molecule has 3 atom stereocenters. The fourth-order valence-corrected chi connectivity index (χ4v) is 5.78. The van der Waals surface area contributed by atoms with Crippen LogP contribution < -0.4 is 10.2 Å². The number of nitrogens with one attached hydrogen (secondary N) is 1. The number of carbonyl (C=O) groups excluding carboxylic acids is 1. The zero-order chi connectivity index (χ0) is 25.4. The SMILES string of the molecule is Cc1nn(C(C)c2ccc(Cl)cc2Cl)c2nc(N3CCN(C(=O)C4CCCCN4)C(CO)C3)cnc12. The Balaban J connectivity index is 1.40. The zero-order valence-corrected chi connectivity index (χ0v) is 22.0. The molecule has 1 amide bonds. The number of benzene rings is 1. The van der Waals surface area contributed by atoms with Crippen LogP contribution in [-0.2, 0) is 4.79 Å². The van der Waals surface area contributed by atoms with E-state index in [0.717, 1.165) is 42.6 Å². The smallest absolute Gasteiger partial charge is 0.240 e. The van der Waals surface area contributed by atoms with E-state index in [1.165, 1.54) is 0 Å². The van der Waals surface area contributed by atoms with Gasteiger partial charge in [-0.05, 0) is 50.9 Å². The Morgan fingerprint density at radius 3 is 2.83 bits per heavy atom. The first-order valence-electron chi connectivity index (χ1n) is 12.4. The van der Waals surface area contributed by atoms with Gasteiger partial charge in [-0.1, -0.05) is 35.7 Å². The van der Waals surface area contributed by atoms with Crippen molar-refractivity contribution >= 4 is 46.1 Å². The molecule has 0 aliphatic carbocycles.